The molecule has 0 aromatic heterocycles. The number of hydrogen-bond donors (Lipinski definition) is 0. The minimum absolute atomic E-state index is 0.929. The summed E-state index contributed by atoms with van der Waals surface area (Å²) >= 11 is 1.47. The molecular formula is C7H16GeO2. The van der Waals surface area contributed by atoms with Crippen LogP contribution in [0.5, 0.6) is 0 Å². The summed E-state index contributed by atoms with van der Waals surface area (Å²) in [5.74, 6) is -0.154. The Labute approximate surface area is 71.2 Å². The van der Waals surface area contributed by atoms with E-state index in [1.807, 2.05) is 0 Å². The zero-order chi connectivity index (χ0) is 8.57. The van der Waals surface area contributed by atoms with Gasteiger partial charge in [0.1, 0.15) is 0 Å². The van der Waals surface area contributed by atoms with Gasteiger partial charge in [-0.25, -0.2) is 0 Å². The van der Waals surface area contributed by atoms with E-state index >= 15 is 0 Å². The van der Waals surface area contributed by atoms with Crippen molar-refractivity contribution in [1.29, 1.82) is 0 Å². The van der Waals surface area contributed by atoms with Crippen LogP contribution in [-0.4, -0.2) is 22.5 Å². The molecule has 0 saturated heterocycles. The van der Waals surface area contributed by atoms with E-state index in [9.17, 15) is 0 Å². The third kappa shape index (κ3) is 43.4. The van der Waals surface area contributed by atoms with E-state index < -0.39 is 5.97 Å². The number of carboxylic acids is 1. The second kappa shape index (κ2) is 9.01. The Morgan fingerprint density at radius 2 is 1.90 bits per heavy atom. The molecule has 3 heteroatoms. The molecule has 0 aliphatic heterocycles. The molecule has 10 heavy (non-hydrogen) atoms. The van der Waals surface area contributed by atoms with Crippen molar-refractivity contribution in [3.05, 3.63) is 0 Å². The van der Waals surface area contributed by atoms with Crippen LogP contribution < -0.4 is 5.11 Å². The number of carbonyl (C=O) groups is 1. The van der Waals surface area contributed by atoms with Crippen LogP contribution in [-0.2, 0) is 4.79 Å². The molecule has 0 unspecified atom stereocenters. The Balaban J connectivity index is 0. The summed E-state index contributed by atoms with van der Waals surface area (Å²) in [6.07, 6.45) is 1.43. The summed E-state index contributed by atoms with van der Waals surface area (Å²) in [7, 11) is 0. The molecule has 0 bridgehead atoms. The fraction of sp³-hybridized carbons (Fsp3) is 0.857. The van der Waals surface area contributed by atoms with Gasteiger partial charge in [0.2, 0.25) is 0 Å². The molecule has 0 spiro atoms. The maximum absolute atomic E-state index is 8.89. The average Bonchev–Trinajstić information content (AvgIpc) is 1.62. The summed E-state index contributed by atoms with van der Waals surface area (Å²) < 4.78 is 0. The summed E-state index contributed by atoms with van der Waals surface area (Å²) in [4.78, 5) is 8.89. The summed E-state index contributed by atoms with van der Waals surface area (Å²) in [5, 5.41) is 10.3. The minimum atomic E-state index is -1.08. The van der Waals surface area contributed by atoms with Gasteiger partial charge >= 0.3 is 48.0 Å². The maximum atomic E-state index is 8.89. The van der Waals surface area contributed by atoms with Crippen LogP contribution in [0.25, 0.3) is 0 Å². The zero-order valence-corrected chi connectivity index (χ0v) is 9.98. The first-order valence-electron chi connectivity index (χ1n) is 3.47. The number of aliphatic carboxylic acids is 1. The van der Waals surface area contributed by atoms with Crippen molar-refractivity contribution in [2.24, 2.45) is 5.92 Å². The standard InChI is InChI=1S/C5H13Ge.C2H4O2/c1-5(2)3-4-6;1-2(3)4/h5H,3-4,6H2,1-2H3;1H3,(H,3,4)/q+1;/p-1. The molecule has 0 aliphatic rings. The SMILES string of the molecule is CC(=O)[O-].CC(C)C[CH2][GeH2+]. The molecule has 0 aromatic rings. The molecule has 0 radical (unpaired) electrons. The van der Waals surface area contributed by atoms with E-state index in [0.29, 0.717) is 0 Å². The van der Waals surface area contributed by atoms with Crippen molar-refractivity contribution >= 4 is 22.5 Å². The Bertz CT molecular complexity index is 77.7. The Morgan fingerprint density at radius 1 is 1.60 bits per heavy atom. The van der Waals surface area contributed by atoms with Crippen LogP contribution in [0.4, 0.5) is 0 Å². The van der Waals surface area contributed by atoms with Gasteiger partial charge < -0.3 is 9.90 Å². The molecule has 0 amide bonds. The van der Waals surface area contributed by atoms with E-state index in [0.717, 1.165) is 12.8 Å². The van der Waals surface area contributed by atoms with Gasteiger partial charge in [0.15, 0.2) is 0 Å². The van der Waals surface area contributed by atoms with Crippen LogP contribution in [0.2, 0.25) is 5.25 Å². The van der Waals surface area contributed by atoms with Gasteiger partial charge in [0.25, 0.3) is 0 Å². The molecule has 0 heterocycles. The van der Waals surface area contributed by atoms with Gasteiger partial charge in [-0.15, -0.1) is 0 Å². The van der Waals surface area contributed by atoms with E-state index in [4.69, 9.17) is 9.90 Å². The second-order valence-corrected chi connectivity index (χ2v) is 4.01. The fourth-order valence-corrected chi connectivity index (χ4v) is 2.12. The Hall–Kier alpha value is 0.0129. The Morgan fingerprint density at radius 3 is 1.90 bits per heavy atom. The number of rotatable bonds is 2. The van der Waals surface area contributed by atoms with Gasteiger partial charge in [-0.3, -0.25) is 0 Å². The first-order valence-corrected chi connectivity index (χ1v) is 5.57. The molecule has 2 nitrogen and oxygen atoms in total. The van der Waals surface area contributed by atoms with Crippen molar-refractivity contribution in [3.63, 3.8) is 0 Å². The number of hydrogen-bond acceptors (Lipinski definition) is 2. The summed E-state index contributed by atoms with van der Waals surface area (Å²) in [5.41, 5.74) is 0. The summed E-state index contributed by atoms with van der Waals surface area (Å²) in [6, 6.07) is 0. The molecule has 60 valence electrons. The van der Waals surface area contributed by atoms with Crippen LogP contribution in [0.1, 0.15) is 27.2 Å². The predicted molar refractivity (Wildman–Crippen MR) is 43.5 cm³/mol. The number of carbonyl (C=O) groups excluding carboxylic acids is 1. The van der Waals surface area contributed by atoms with Crippen molar-refractivity contribution in [2.45, 2.75) is 32.4 Å². The van der Waals surface area contributed by atoms with Crippen LogP contribution >= 0.6 is 0 Å². The average molecular weight is 205 g/mol. The first-order chi connectivity index (χ1) is 4.50. The summed E-state index contributed by atoms with van der Waals surface area (Å²) in [6.45, 7) is 5.52. The molecule has 0 rings (SSSR count). The normalized spacial score (nSPS) is 8.40. The third-order valence-electron chi connectivity index (χ3n) is 0.781. The van der Waals surface area contributed by atoms with Gasteiger partial charge in [-0.2, -0.15) is 0 Å². The van der Waals surface area contributed by atoms with Crippen LogP contribution in [0.3, 0.4) is 0 Å². The van der Waals surface area contributed by atoms with Gasteiger partial charge in [-0.05, 0) is 6.92 Å². The van der Waals surface area contributed by atoms with Crippen LogP contribution in [0.15, 0.2) is 0 Å². The van der Waals surface area contributed by atoms with Gasteiger partial charge in [-0.1, -0.05) is 0 Å². The first kappa shape index (κ1) is 12.7. The third-order valence-corrected chi connectivity index (χ3v) is 1.64. The van der Waals surface area contributed by atoms with E-state index in [1.54, 1.807) is 0 Å². The molecule has 0 aliphatic carbocycles. The molecule has 0 atom stereocenters. The van der Waals surface area contributed by atoms with Gasteiger partial charge in [0, 0.05) is 5.97 Å². The molecule has 0 fully saturated rings. The quantitative estimate of drug-likeness (QED) is 0.587. The van der Waals surface area contributed by atoms with Crippen LogP contribution in [0, 0.1) is 5.92 Å². The fourth-order valence-electron chi connectivity index (χ4n) is 0.408. The van der Waals surface area contributed by atoms with Gasteiger partial charge in [0.05, 0.1) is 0 Å². The molecule has 0 saturated carbocycles. The second-order valence-electron chi connectivity index (χ2n) is 2.53. The molecule has 0 N–H and O–H groups in total. The van der Waals surface area contributed by atoms with Crippen molar-refractivity contribution in [3.8, 4) is 0 Å². The monoisotopic (exact) mass is 206 g/mol. The van der Waals surface area contributed by atoms with Crippen molar-refractivity contribution in [2.75, 3.05) is 0 Å². The van der Waals surface area contributed by atoms with E-state index in [-0.39, 0.29) is 0 Å². The number of carboxylic acid groups (broad SMARTS) is 1. The van der Waals surface area contributed by atoms with E-state index in [2.05, 4.69) is 13.8 Å². The van der Waals surface area contributed by atoms with Crippen molar-refractivity contribution < 1.29 is 9.90 Å². The van der Waals surface area contributed by atoms with Crippen molar-refractivity contribution in [1.82, 2.24) is 0 Å². The zero-order valence-electron chi connectivity index (χ0n) is 7.02. The predicted octanol–water partition coefficient (Wildman–Crippen LogP) is -0.160. The van der Waals surface area contributed by atoms with E-state index in [1.165, 1.54) is 28.2 Å². The molecular weight excluding hydrogens is 189 g/mol. The topological polar surface area (TPSA) is 40.1 Å². The molecule has 0 aromatic carbocycles. The Kier molecular flexibility index (Phi) is 11.4.